The van der Waals surface area contributed by atoms with Crippen LogP contribution in [0.1, 0.15) is 21.7 Å². The molecule has 1 amide bonds. The minimum absolute atomic E-state index is 0.0730. The molecule has 0 atom stereocenters. The lowest BCUT2D eigenvalue weighted by molar-refractivity contribution is -0.384. The molecule has 178 valence electrons. The molecule has 2 N–H and O–H groups in total. The number of amides is 1. The van der Waals surface area contributed by atoms with Gasteiger partial charge in [0.15, 0.2) is 17.3 Å². The van der Waals surface area contributed by atoms with E-state index in [4.69, 9.17) is 14.2 Å². The highest BCUT2D eigenvalue weighted by molar-refractivity contribution is 6.02. The van der Waals surface area contributed by atoms with Gasteiger partial charge in [-0.05, 0) is 42.0 Å². The van der Waals surface area contributed by atoms with Crippen molar-refractivity contribution in [1.29, 1.82) is 0 Å². The Kier molecular flexibility index (Phi) is 6.63. The van der Waals surface area contributed by atoms with E-state index in [1.165, 1.54) is 33.5 Å². The van der Waals surface area contributed by atoms with E-state index in [0.717, 1.165) is 0 Å². The molecule has 0 bridgehead atoms. The number of imidazole rings is 1. The molecule has 3 aromatic carbocycles. The van der Waals surface area contributed by atoms with Crippen LogP contribution in [0.4, 0.5) is 5.69 Å². The molecule has 0 radical (unpaired) electrons. The molecule has 4 rings (SSSR count). The molecule has 10 heteroatoms. The third-order valence-electron chi connectivity index (χ3n) is 5.21. The predicted octanol–water partition coefficient (Wildman–Crippen LogP) is 4.43. The van der Waals surface area contributed by atoms with Crippen molar-refractivity contribution in [3.05, 3.63) is 87.7 Å². The van der Waals surface area contributed by atoms with E-state index in [-0.39, 0.29) is 11.6 Å². The second-order valence-electron chi connectivity index (χ2n) is 7.38. The first-order valence-electron chi connectivity index (χ1n) is 10.5. The predicted molar refractivity (Wildman–Crippen MR) is 131 cm³/mol. The smallest absolute Gasteiger partial charge is 0.271 e. The van der Waals surface area contributed by atoms with Gasteiger partial charge in [-0.2, -0.15) is 0 Å². The largest absolute Gasteiger partial charge is 0.493 e. The van der Waals surface area contributed by atoms with Gasteiger partial charge in [0, 0.05) is 17.7 Å². The van der Waals surface area contributed by atoms with Crippen LogP contribution < -0.4 is 19.5 Å². The maximum Gasteiger partial charge on any atom is 0.271 e. The average Bonchev–Trinajstić information content (AvgIpc) is 3.31. The van der Waals surface area contributed by atoms with E-state index in [0.29, 0.717) is 50.9 Å². The normalized spacial score (nSPS) is 11.2. The number of nitrogens with one attached hydrogen (secondary N) is 2. The van der Waals surface area contributed by atoms with Crippen LogP contribution in [0, 0.1) is 10.1 Å². The summed E-state index contributed by atoms with van der Waals surface area (Å²) in [7, 11) is 4.53. The van der Waals surface area contributed by atoms with Gasteiger partial charge in [-0.1, -0.05) is 18.2 Å². The van der Waals surface area contributed by atoms with Gasteiger partial charge < -0.3 is 24.5 Å². The number of carbonyl (C=O) groups excluding carboxylic acids is 1. The number of nitrogens with zero attached hydrogens (tertiary/aromatic N) is 2. The van der Waals surface area contributed by atoms with Crippen LogP contribution in [-0.2, 0) is 0 Å². The Balaban J connectivity index is 1.83. The molecule has 0 unspecified atom stereocenters. The summed E-state index contributed by atoms with van der Waals surface area (Å²) in [6, 6.07) is 16.5. The van der Waals surface area contributed by atoms with E-state index in [9.17, 15) is 14.9 Å². The zero-order chi connectivity index (χ0) is 24.9. The minimum Gasteiger partial charge on any atom is -0.493 e. The molecule has 1 heterocycles. The number of non-ortho nitro benzene ring substituents is 1. The number of aromatic nitrogens is 2. The fourth-order valence-electron chi connectivity index (χ4n) is 3.54. The number of aromatic amines is 1. The lowest BCUT2D eigenvalue weighted by Crippen LogP contribution is -2.22. The van der Waals surface area contributed by atoms with Crippen LogP contribution in [0.15, 0.2) is 60.7 Å². The monoisotopic (exact) mass is 474 g/mol. The molecular formula is C25H22N4O6. The van der Waals surface area contributed by atoms with E-state index < -0.39 is 4.92 Å². The number of ether oxygens (including phenoxy) is 3. The fraction of sp³-hybridized carbons (Fsp3) is 0.120. The molecule has 0 aliphatic rings. The van der Waals surface area contributed by atoms with Gasteiger partial charge in [-0.15, -0.1) is 0 Å². The number of H-pyrrole nitrogens is 1. The average molecular weight is 474 g/mol. The van der Waals surface area contributed by atoms with Crippen molar-refractivity contribution in [3.8, 4) is 17.2 Å². The second-order valence-corrected chi connectivity index (χ2v) is 7.38. The first kappa shape index (κ1) is 23.3. The van der Waals surface area contributed by atoms with E-state index in [1.54, 1.807) is 48.5 Å². The van der Waals surface area contributed by atoms with Gasteiger partial charge in [-0.25, -0.2) is 4.98 Å². The number of methoxy groups -OCH3 is 3. The van der Waals surface area contributed by atoms with Crippen LogP contribution >= 0.6 is 0 Å². The highest BCUT2D eigenvalue weighted by atomic mass is 16.6. The molecule has 35 heavy (non-hydrogen) atoms. The van der Waals surface area contributed by atoms with Crippen molar-refractivity contribution in [3.63, 3.8) is 0 Å². The van der Waals surface area contributed by atoms with Crippen LogP contribution in [0.25, 0.3) is 22.8 Å². The topological polar surface area (TPSA) is 129 Å². The van der Waals surface area contributed by atoms with Crippen molar-refractivity contribution >= 4 is 34.4 Å². The third-order valence-corrected chi connectivity index (χ3v) is 5.21. The molecule has 4 aromatic rings. The maximum absolute atomic E-state index is 13.0. The number of nitro benzene ring substituents is 1. The molecule has 10 nitrogen and oxygen atoms in total. The summed E-state index contributed by atoms with van der Waals surface area (Å²) >= 11 is 0. The summed E-state index contributed by atoms with van der Waals surface area (Å²) in [6.07, 6.45) is 1.69. The molecule has 0 aliphatic carbocycles. The van der Waals surface area contributed by atoms with Gasteiger partial charge in [0.25, 0.3) is 11.6 Å². The zero-order valence-corrected chi connectivity index (χ0v) is 19.2. The van der Waals surface area contributed by atoms with Gasteiger partial charge in [0.2, 0.25) is 5.75 Å². The zero-order valence-electron chi connectivity index (χ0n) is 19.2. The number of hydrogen-bond donors (Lipinski definition) is 2. The van der Waals surface area contributed by atoms with Crippen molar-refractivity contribution < 1.29 is 23.9 Å². The summed E-state index contributed by atoms with van der Waals surface area (Å²) in [6.45, 7) is 0. The number of nitro groups is 1. The summed E-state index contributed by atoms with van der Waals surface area (Å²) < 4.78 is 16.2. The first-order valence-corrected chi connectivity index (χ1v) is 10.5. The molecule has 0 saturated heterocycles. The molecule has 0 spiro atoms. The van der Waals surface area contributed by atoms with Crippen LogP contribution in [0.5, 0.6) is 17.2 Å². The van der Waals surface area contributed by atoms with Crippen LogP contribution in [0.2, 0.25) is 0 Å². The fourth-order valence-corrected chi connectivity index (χ4v) is 3.54. The first-order chi connectivity index (χ1) is 16.9. The van der Waals surface area contributed by atoms with Crippen molar-refractivity contribution in [2.45, 2.75) is 0 Å². The van der Waals surface area contributed by atoms with E-state index >= 15 is 0 Å². The Bertz CT molecular complexity index is 1400. The van der Waals surface area contributed by atoms with E-state index in [2.05, 4.69) is 15.3 Å². The van der Waals surface area contributed by atoms with Gasteiger partial charge in [0.05, 0.1) is 43.0 Å². The Hall–Kier alpha value is -4.86. The molecule has 0 saturated carbocycles. The van der Waals surface area contributed by atoms with Crippen molar-refractivity contribution in [2.75, 3.05) is 21.3 Å². The molecule has 1 aromatic heterocycles. The Morgan fingerprint density at radius 3 is 2.29 bits per heavy atom. The maximum atomic E-state index is 13.0. The van der Waals surface area contributed by atoms with E-state index in [1.807, 2.05) is 6.07 Å². The Morgan fingerprint density at radius 2 is 1.69 bits per heavy atom. The van der Waals surface area contributed by atoms with Crippen molar-refractivity contribution in [1.82, 2.24) is 15.3 Å². The summed E-state index contributed by atoms with van der Waals surface area (Å²) in [5.41, 5.74) is 2.32. The summed E-state index contributed by atoms with van der Waals surface area (Å²) in [5, 5.41) is 14.1. The lowest BCUT2D eigenvalue weighted by atomic mass is 10.1. The summed E-state index contributed by atoms with van der Waals surface area (Å²) in [4.78, 5) is 31.2. The standard InChI is InChI=1S/C25H22N4O6/c1-33-21-12-15(13-22(34-2)23(21)35-3)11-20(28-25(30)16-7-5-4-6-8-16)24-26-18-10-9-17(29(31)32)14-19(18)27-24/h4-14H,1-3H3,(H,26,27)(H,28,30)/b20-11+. The SMILES string of the molecule is COc1cc(/C=C(/NC(=O)c2ccccc2)c2nc3ccc([N+](=O)[O-])cc3[nH]2)cc(OC)c1OC. The lowest BCUT2D eigenvalue weighted by Gasteiger charge is -2.14. The Labute approximate surface area is 200 Å². The highest BCUT2D eigenvalue weighted by Gasteiger charge is 2.17. The van der Waals surface area contributed by atoms with Crippen LogP contribution in [0.3, 0.4) is 0 Å². The summed E-state index contributed by atoms with van der Waals surface area (Å²) in [5.74, 6) is 1.27. The third kappa shape index (κ3) is 4.91. The molecule has 0 aliphatic heterocycles. The highest BCUT2D eigenvalue weighted by Crippen LogP contribution is 2.39. The molecule has 0 fully saturated rings. The number of fused-ring (bicyclic) bond motifs is 1. The number of carbonyl (C=O) groups is 1. The van der Waals surface area contributed by atoms with Crippen molar-refractivity contribution in [2.24, 2.45) is 0 Å². The van der Waals surface area contributed by atoms with Crippen LogP contribution in [-0.4, -0.2) is 42.1 Å². The minimum atomic E-state index is -0.482. The van der Waals surface area contributed by atoms with Gasteiger partial charge >= 0.3 is 0 Å². The van der Waals surface area contributed by atoms with Gasteiger partial charge in [0.1, 0.15) is 0 Å². The second kappa shape index (κ2) is 9.96. The Morgan fingerprint density at radius 1 is 1.00 bits per heavy atom. The number of rotatable bonds is 8. The number of hydrogen-bond acceptors (Lipinski definition) is 7. The quantitative estimate of drug-likeness (QED) is 0.286. The number of benzene rings is 3. The molecular weight excluding hydrogens is 452 g/mol. The van der Waals surface area contributed by atoms with Gasteiger partial charge in [-0.3, -0.25) is 14.9 Å².